The molecule has 0 aliphatic carbocycles. The molecular formula is C11H20N4O3S. The highest BCUT2D eigenvalue weighted by Gasteiger charge is 2.27. The highest BCUT2D eigenvalue weighted by Crippen LogP contribution is 2.23. The van der Waals surface area contributed by atoms with E-state index in [-0.39, 0.29) is 18.4 Å². The van der Waals surface area contributed by atoms with Crippen molar-refractivity contribution in [3.8, 4) is 0 Å². The normalized spacial score (nSPS) is 19.4. The van der Waals surface area contributed by atoms with Crippen LogP contribution < -0.4 is 4.72 Å². The van der Waals surface area contributed by atoms with Gasteiger partial charge in [-0.2, -0.15) is 5.10 Å². The van der Waals surface area contributed by atoms with Gasteiger partial charge in [0.05, 0.1) is 18.4 Å². The number of nitrogens with one attached hydrogen (secondary N) is 1. The number of aromatic nitrogens is 3. The van der Waals surface area contributed by atoms with Crippen LogP contribution >= 0.6 is 0 Å². The maximum Gasteiger partial charge on any atom is 0.214 e. The summed E-state index contributed by atoms with van der Waals surface area (Å²) in [4.78, 5) is 4.41. The van der Waals surface area contributed by atoms with E-state index in [1.54, 1.807) is 0 Å². The van der Waals surface area contributed by atoms with E-state index < -0.39 is 10.0 Å². The molecule has 2 heterocycles. The van der Waals surface area contributed by atoms with Gasteiger partial charge in [0.25, 0.3) is 0 Å². The van der Waals surface area contributed by atoms with Crippen LogP contribution in [0.15, 0.2) is 0 Å². The summed E-state index contributed by atoms with van der Waals surface area (Å²) < 4.78 is 33.1. The van der Waals surface area contributed by atoms with Crippen molar-refractivity contribution in [2.75, 3.05) is 19.5 Å². The largest absolute Gasteiger partial charge is 0.384 e. The van der Waals surface area contributed by atoms with E-state index in [1.807, 2.05) is 11.6 Å². The Morgan fingerprint density at radius 3 is 3.00 bits per heavy atom. The molecule has 0 amide bonds. The first-order chi connectivity index (χ1) is 9.05. The number of hydrogen-bond acceptors (Lipinski definition) is 5. The summed E-state index contributed by atoms with van der Waals surface area (Å²) in [6.07, 6.45) is 2.41. The highest BCUT2D eigenvalue weighted by atomic mass is 32.2. The maximum absolute atomic E-state index is 11.9. The van der Waals surface area contributed by atoms with Crippen molar-refractivity contribution in [1.82, 2.24) is 19.5 Å². The van der Waals surface area contributed by atoms with Crippen LogP contribution in [0, 0.1) is 0 Å². The third-order valence-corrected chi connectivity index (χ3v) is 4.46. The molecule has 7 nitrogen and oxygen atoms in total. The molecule has 2 rings (SSSR count). The Balaban J connectivity index is 2.13. The summed E-state index contributed by atoms with van der Waals surface area (Å²) in [5, 5.41) is 4.36. The standard InChI is InChI=1S/C11H20N4O3S/c1-3-10-12-11-9(5-4-6-15(11)13-10)14-19(16,17)8-7-18-2/h9,14H,3-8H2,1-2H3/t9-/m1/s1. The Labute approximate surface area is 113 Å². The molecule has 0 spiro atoms. The third-order valence-electron chi connectivity index (χ3n) is 3.11. The predicted octanol–water partition coefficient (Wildman–Crippen LogP) is 0.241. The lowest BCUT2D eigenvalue weighted by atomic mass is 10.1. The maximum atomic E-state index is 11.9. The minimum absolute atomic E-state index is 0.0330. The van der Waals surface area contributed by atoms with Crippen molar-refractivity contribution in [1.29, 1.82) is 0 Å². The van der Waals surface area contributed by atoms with Gasteiger partial charge in [0.2, 0.25) is 10.0 Å². The fraction of sp³-hybridized carbons (Fsp3) is 0.818. The van der Waals surface area contributed by atoms with Crippen LogP contribution in [0.5, 0.6) is 0 Å². The SMILES string of the molecule is CCc1nc2n(n1)CCC[C@H]2NS(=O)(=O)CCOC. The topological polar surface area (TPSA) is 86.1 Å². The Morgan fingerprint density at radius 2 is 2.32 bits per heavy atom. The number of rotatable bonds is 6. The minimum atomic E-state index is -3.34. The molecule has 0 fully saturated rings. The zero-order valence-corrected chi connectivity index (χ0v) is 12.1. The van der Waals surface area contributed by atoms with Gasteiger partial charge in [0, 0.05) is 20.1 Å². The van der Waals surface area contributed by atoms with Gasteiger partial charge in [0.1, 0.15) is 5.82 Å². The Kier molecular flexibility index (Phi) is 4.54. The van der Waals surface area contributed by atoms with Gasteiger partial charge in [-0.1, -0.05) is 6.92 Å². The summed E-state index contributed by atoms with van der Waals surface area (Å²) in [6, 6.07) is -0.275. The molecule has 1 aromatic rings. The van der Waals surface area contributed by atoms with Crippen LogP contribution in [0.1, 0.15) is 37.5 Å². The molecule has 0 aromatic carbocycles. The first-order valence-electron chi connectivity index (χ1n) is 6.48. The second-order valence-corrected chi connectivity index (χ2v) is 6.46. The smallest absolute Gasteiger partial charge is 0.214 e. The first-order valence-corrected chi connectivity index (χ1v) is 8.13. The first kappa shape index (κ1) is 14.4. The molecule has 108 valence electrons. The van der Waals surface area contributed by atoms with Crippen molar-refractivity contribution < 1.29 is 13.2 Å². The van der Waals surface area contributed by atoms with Crippen LogP contribution in [-0.4, -0.2) is 42.7 Å². The number of methoxy groups -OCH3 is 1. The molecule has 8 heteroatoms. The Hall–Kier alpha value is -0.990. The molecule has 1 aliphatic heterocycles. The number of hydrogen-bond donors (Lipinski definition) is 1. The van der Waals surface area contributed by atoms with E-state index in [0.29, 0.717) is 0 Å². The molecule has 1 N–H and O–H groups in total. The van der Waals surface area contributed by atoms with Crippen LogP contribution in [0.2, 0.25) is 0 Å². The monoisotopic (exact) mass is 288 g/mol. The number of nitrogens with zero attached hydrogens (tertiary/aromatic N) is 3. The van der Waals surface area contributed by atoms with Crippen molar-refractivity contribution in [2.24, 2.45) is 0 Å². The number of ether oxygens (including phenoxy) is 1. The molecule has 0 saturated carbocycles. The van der Waals surface area contributed by atoms with Gasteiger partial charge in [-0.05, 0) is 12.8 Å². The van der Waals surface area contributed by atoms with Gasteiger partial charge in [0.15, 0.2) is 5.82 Å². The van der Waals surface area contributed by atoms with Crippen LogP contribution in [0.25, 0.3) is 0 Å². The van der Waals surface area contributed by atoms with Crippen LogP contribution in [-0.2, 0) is 27.7 Å². The van der Waals surface area contributed by atoms with Crippen molar-refractivity contribution in [3.05, 3.63) is 11.6 Å². The van der Waals surface area contributed by atoms with E-state index >= 15 is 0 Å². The molecule has 19 heavy (non-hydrogen) atoms. The summed E-state index contributed by atoms with van der Waals surface area (Å²) >= 11 is 0. The molecule has 0 saturated heterocycles. The van der Waals surface area contributed by atoms with Gasteiger partial charge in [-0.15, -0.1) is 0 Å². The quantitative estimate of drug-likeness (QED) is 0.810. The molecule has 1 aliphatic rings. The average Bonchev–Trinajstić information content (AvgIpc) is 2.80. The van der Waals surface area contributed by atoms with Gasteiger partial charge < -0.3 is 4.74 Å². The van der Waals surface area contributed by atoms with Gasteiger partial charge >= 0.3 is 0 Å². The van der Waals surface area contributed by atoms with E-state index in [0.717, 1.165) is 37.5 Å². The lowest BCUT2D eigenvalue weighted by Crippen LogP contribution is -2.35. The summed E-state index contributed by atoms with van der Waals surface area (Å²) in [7, 11) is -1.85. The fourth-order valence-corrected chi connectivity index (χ4v) is 3.29. The zero-order chi connectivity index (χ0) is 13.9. The predicted molar refractivity (Wildman–Crippen MR) is 70.2 cm³/mol. The molecule has 1 atom stereocenters. The summed E-state index contributed by atoms with van der Waals surface area (Å²) in [5.74, 6) is 1.46. The molecule has 0 radical (unpaired) electrons. The van der Waals surface area contributed by atoms with E-state index in [9.17, 15) is 8.42 Å². The van der Waals surface area contributed by atoms with E-state index in [1.165, 1.54) is 7.11 Å². The lowest BCUT2D eigenvalue weighted by Gasteiger charge is -2.22. The summed E-state index contributed by atoms with van der Waals surface area (Å²) in [5.41, 5.74) is 0. The van der Waals surface area contributed by atoms with Crippen LogP contribution in [0.3, 0.4) is 0 Å². The van der Waals surface area contributed by atoms with Crippen molar-refractivity contribution in [2.45, 2.75) is 38.8 Å². The second kappa shape index (κ2) is 5.98. The lowest BCUT2D eigenvalue weighted by molar-refractivity contribution is 0.216. The Morgan fingerprint density at radius 1 is 1.53 bits per heavy atom. The van der Waals surface area contributed by atoms with Crippen LogP contribution in [0.4, 0.5) is 0 Å². The minimum Gasteiger partial charge on any atom is -0.384 e. The Bertz CT molecular complexity index is 526. The fourth-order valence-electron chi connectivity index (χ4n) is 2.13. The molecular weight excluding hydrogens is 268 g/mol. The zero-order valence-electron chi connectivity index (χ0n) is 11.3. The van der Waals surface area contributed by atoms with E-state index in [4.69, 9.17) is 4.74 Å². The molecule has 0 unspecified atom stereocenters. The van der Waals surface area contributed by atoms with Gasteiger partial charge in [-0.3, -0.25) is 0 Å². The number of sulfonamides is 1. The van der Waals surface area contributed by atoms with E-state index in [2.05, 4.69) is 14.8 Å². The third kappa shape index (κ3) is 3.52. The van der Waals surface area contributed by atoms with Crippen molar-refractivity contribution >= 4 is 10.0 Å². The molecule has 1 aromatic heterocycles. The molecule has 0 bridgehead atoms. The second-order valence-electron chi connectivity index (χ2n) is 4.59. The van der Waals surface area contributed by atoms with Gasteiger partial charge in [-0.25, -0.2) is 22.8 Å². The summed E-state index contributed by atoms with van der Waals surface area (Å²) in [6.45, 7) is 2.98. The average molecular weight is 288 g/mol. The van der Waals surface area contributed by atoms with Crippen molar-refractivity contribution in [3.63, 3.8) is 0 Å². The number of fused-ring (bicyclic) bond motifs is 1. The highest BCUT2D eigenvalue weighted by molar-refractivity contribution is 7.89. The number of aryl methyl sites for hydroxylation is 2.